The van der Waals surface area contributed by atoms with E-state index in [1.165, 1.54) is 31.4 Å². The predicted octanol–water partition coefficient (Wildman–Crippen LogP) is 3.54. The molecule has 0 aromatic heterocycles. The molecule has 0 aliphatic heterocycles. The minimum atomic E-state index is -0.865. The van der Waals surface area contributed by atoms with E-state index >= 15 is 0 Å². The van der Waals surface area contributed by atoms with Crippen LogP contribution in [-0.2, 0) is 6.54 Å². The molecule has 0 amide bonds. The second-order valence-electron chi connectivity index (χ2n) is 5.27. The monoisotopic (exact) mass is 293 g/mol. The van der Waals surface area contributed by atoms with Crippen LogP contribution in [0.4, 0.5) is 0 Å². The van der Waals surface area contributed by atoms with Gasteiger partial charge in [-0.1, -0.05) is 31.9 Å². The zero-order chi connectivity index (χ0) is 14.4. The van der Waals surface area contributed by atoms with E-state index in [0.29, 0.717) is 11.6 Å². The lowest BCUT2D eigenvalue weighted by Gasteiger charge is -2.31. The number of rotatable bonds is 6. The molecule has 2 rings (SSSR count). The summed E-state index contributed by atoms with van der Waals surface area (Å²) in [6, 6.07) is 7.76. The van der Waals surface area contributed by atoms with Crippen molar-refractivity contribution in [3.8, 4) is 0 Å². The molecule has 0 saturated heterocycles. The molecule has 20 heavy (non-hydrogen) atoms. The number of aromatic carboxylic acids is 1. The van der Waals surface area contributed by atoms with Crippen molar-refractivity contribution in [2.45, 2.75) is 50.4 Å². The van der Waals surface area contributed by atoms with Crippen LogP contribution in [0.5, 0.6) is 0 Å². The van der Waals surface area contributed by atoms with E-state index < -0.39 is 5.97 Å². The van der Waals surface area contributed by atoms with Crippen LogP contribution in [0.15, 0.2) is 24.3 Å². The summed E-state index contributed by atoms with van der Waals surface area (Å²) in [7, 11) is 0. The third kappa shape index (κ3) is 4.25. The quantitative estimate of drug-likeness (QED) is 0.842. The van der Waals surface area contributed by atoms with Crippen LogP contribution >= 0.6 is 11.8 Å². The van der Waals surface area contributed by atoms with E-state index in [9.17, 15) is 4.79 Å². The summed E-state index contributed by atoms with van der Waals surface area (Å²) < 4.78 is 0. The Bertz CT molecular complexity index is 431. The summed E-state index contributed by atoms with van der Waals surface area (Å²) in [6.07, 6.45) is 5.23. The first-order chi connectivity index (χ1) is 9.70. The number of benzene rings is 1. The fourth-order valence-corrected chi connectivity index (χ4v) is 3.98. The van der Waals surface area contributed by atoms with Crippen molar-refractivity contribution in [2.24, 2.45) is 0 Å². The average Bonchev–Trinajstić information content (AvgIpc) is 2.47. The van der Waals surface area contributed by atoms with Crippen LogP contribution in [0.3, 0.4) is 0 Å². The molecule has 0 radical (unpaired) electrons. The Morgan fingerprint density at radius 3 is 2.65 bits per heavy atom. The van der Waals surface area contributed by atoms with Crippen LogP contribution in [0.25, 0.3) is 0 Å². The standard InChI is InChI=1S/C16H23NO2S/c1-2-20-15-6-4-3-5-14(15)17-11-12-7-9-13(10-8-12)16(18)19/h7-10,14-15,17H,2-6,11H2,1H3,(H,18,19). The summed E-state index contributed by atoms with van der Waals surface area (Å²) in [6.45, 7) is 3.05. The van der Waals surface area contributed by atoms with Crippen molar-refractivity contribution in [2.75, 3.05) is 5.75 Å². The number of thioether (sulfide) groups is 1. The van der Waals surface area contributed by atoms with Gasteiger partial charge in [-0.15, -0.1) is 0 Å². The molecule has 1 saturated carbocycles. The summed E-state index contributed by atoms with van der Waals surface area (Å²) in [4.78, 5) is 10.8. The lowest BCUT2D eigenvalue weighted by Crippen LogP contribution is -2.40. The van der Waals surface area contributed by atoms with Crippen molar-refractivity contribution in [3.63, 3.8) is 0 Å². The Hall–Kier alpha value is -1.00. The van der Waals surface area contributed by atoms with Crippen molar-refractivity contribution in [1.29, 1.82) is 0 Å². The fourth-order valence-electron chi connectivity index (χ4n) is 2.76. The number of hydrogen-bond donors (Lipinski definition) is 2. The Kier molecular flexibility index (Phi) is 5.92. The number of carboxylic acids is 1. The molecule has 2 atom stereocenters. The molecule has 2 N–H and O–H groups in total. The predicted molar refractivity (Wildman–Crippen MR) is 84.4 cm³/mol. The second kappa shape index (κ2) is 7.70. The largest absolute Gasteiger partial charge is 0.478 e. The van der Waals surface area contributed by atoms with Gasteiger partial charge in [-0.05, 0) is 36.3 Å². The zero-order valence-corrected chi connectivity index (χ0v) is 12.8. The molecule has 3 nitrogen and oxygen atoms in total. The molecule has 1 aliphatic rings. The van der Waals surface area contributed by atoms with E-state index in [4.69, 9.17) is 5.11 Å². The lowest BCUT2D eigenvalue weighted by atomic mass is 9.94. The highest BCUT2D eigenvalue weighted by molar-refractivity contribution is 7.99. The van der Waals surface area contributed by atoms with E-state index in [0.717, 1.165) is 17.4 Å². The van der Waals surface area contributed by atoms with Crippen molar-refractivity contribution < 1.29 is 9.90 Å². The molecule has 0 spiro atoms. The lowest BCUT2D eigenvalue weighted by molar-refractivity contribution is 0.0697. The van der Waals surface area contributed by atoms with Crippen LogP contribution in [-0.4, -0.2) is 28.1 Å². The Labute approximate surface area is 125 Å². The Balaban J connectivity index is 1.88. The number of hydrogen-bond acceptors (Lipinski definition) is 3. The maximum absolute atomic E-state index is 10.8. The molecule has 1 aliphatic carbocycles. The van der Waals surface area contributed by atoms with Gasteiger partial charge in [0.25, 0.3) is 0 Å². The summed E-state index contributed by atoms with van der Waals surface area (Å²) in [5.74, 6) is 0.312. The summed E-state index contributed by atoms with van der Waals surface area (Å²) in [5, 5.41) is 13.3. The van der Waals surface area contributed by atoms with Crippen molar-refractivity contribution in [3.05, 3.63) is 35.4 Å². The van der Waals surface area contributed by atoms with E-state index in [1.54, 1.807) is 12.1 Å². The summed E-state index contributed by atoms with van der Waals surface area (Å²) >= 11 is 2.06. The molecule has 1 aromatic rings. The molecule has 0 bridgehead atoms. The average molecular weight is 293 g/mol. The van der Waals surface area contributed by atoms with Gasteiger partial charge in [-0.25, -0.2) is 4.79 Å². The van der Waals surface area contributed by atoms with Crippen LogP contribution in [0, 0.1) is 0 Å². The first kappa shape index (κ1) is 15.4. The SMILES string of the molecule is CCSC1CCCCC1NCc1ccc(C(=O)O)cc1. The highest BCUT2D eigenvalue weighted by Crippen LogP contribution is 2.28. The van der Waals surface area contributed by atoms with E-state index in [2.05, 4.69) is 24.0 Å². The van der Waals surface area contributed by atoms with Gasteiger partial charge in [0.2, 0.25) is 0 Å². The molecule has 110 valence electrons. The first-order valence-corrected chi connectivity index (χ1v) is 8.42. The fraction of sp³-hybridized carbons (Fsp3) is 0.562. The highest BCUT2D eigenvalue weighted by Gasteiger charge is 2.24. The summed E-state index contributed by atoms with van der Waals surface area (Å²) in [5.41, 5.74) is 1.51. The van der Waals surface area contributed by atoms with Crippen LogP contribution in [0.1, 0.15) is 48.5 Å². The third-order valence-electron chi connectivity index (χ3n) is 3.85. The van der Waals surface area contributed by atoms with Gasteiger partial charge in [0.15, 0.2) is 0 Å². The molecule has 1 aromatic carbocycles. The van der Waals surface area contributed by atoms with Gasteiger partial charge in [-0.2, -0.15) is 11.8 Å². The number of nitrogens with one attached hydrogen (secondary N) is 1. The first-order valence-electron chi connectivity index (χ1n) is 7.38. The third-order valence-corrected chi connectivity index (χ3v) is 5.18. The Morgan fingerprint density at radius 2 is 2.00 bits per heavy atom. The molecule has 1 fully saturated rings. The number of carboxylic acid groups (broad SMARTS) is 1. The van der Waals surface area contributed by atoms with E-state index in [-0.39, 0.29) is 0 Å². The van der Waals surface area contributed by atoms with Gasteiger partial charge in [0.05, 0.1) is 5.56 Å². The van der Waals surface area contributed by atoms with Crippen LogP contribution < -0.4 is 5.32 Å². The minimum absolute atomic E-state index is 0.353. The van der Waals surface area contributed by atoms with Crippen molar-refractivity contribution in [1.82, 2.24) is 5.32 Å². The van der Waals surface area contributed by atoms with Gasteiger partial charge < -0.3 is 10.4 Å². The molecule has 2 unspecified atom stereocenters. The van der Waals surface area contributed by atoms with E-state index in [1.807, 2.05) is 12.1 Å². The van der Waals surface area contributed by atoms with Crippen molar-refractivity contribution >= 4 is 17.7 Å². The topological polar surface area (TPSA) is 49.3 Å². The maximum Gasteiger partial charge on any atom is 0.335 e. The van der Waals surface area contributed by atoms with Gasteiger partial charge in [-0.3, -0.25) is 0 Å². The number of carbonyl (C=O) groups is 1. The van der Waals surface area contributed by atoms with Crippen LogP contribution in [0.2, 0.25) is 0 Å². The highest BCUT2D eigenvalue weighted by atomic mass is 32.2. The van der Waals surface area contributed by atoms with Gasteiger partial charge in [0.1, 0.15) is 0 Å². The zero-order valence-electron chi connectivity index (χ0n) is 12.0. The second-order valence-corrected chi connectivity index (χ2v) is 6.78. The Morgan fingerprint density at radius 1 is 1.30 bits per heavy atom. The molecular formula is C16H23NO2S. The molecule has 0 heterocycles. The molecular weight excluding hydrogens is 270 g/mol. The maximum atomic E-state index is 10.8. The van der Waals surface area contributed by atoms with Gasteiger partial charge >= 0.3 is 5.97 Å². The van der Waals surface area contributed by atoms with Gasteiger partial charge in [0, 0.05) is 17.8 Å². The smallest absolute Gasteiger partial charge is 0.335 e. The molecule has 4 heteroatoms. The minimum Gasteiger partial charge on any atom is -0.478 e. The normalized spacial score (nSPS) is 22.6.